The Bertz CT molecular complexity index is 1020. The maximum Gasteiger partial charge on any atom is 0.343 e. The molecule has 0 bridgehead atoms. The molecule has 0 radical (unpaired) electrons. The van der Waals surface area contributed by atoms with Crippen LogP contribution in [0.1, 0.15) is 11.5 Å². The Morgan fingerprint density at radius 2 is 2.00 bits per heavy atom. The van der Waals surface area contributed by atoms with Crippen LogP contribution in [-0.4, -0.2) is 25.0 Å². The van der Waals surface area contributed by atoms with Crippen LogP contribution in [0.25, 0.3) is 11.7 Å². The first kappa shape index (κ1) is 16.4. The number of aromatic nitrogens is 5. The van der Waals surface area contributed by atoms with Crippen molar-refractivity contribution in [3.05, 3.63) is 70.7 Å². The van der Waals surface area contributed by atoms with Crippen molar-refractivity contribution in [1.29, 1.82) is 0 Å². The molecular weight excluding hydrogens is 354 g/mol. The Morgan fingerprint density at radius 1 is 1.12 bits per heavy atom. The zero-order chi connectivity index (χ0) is 17.8. The van der Waals surface area contributed by atoms with Gasteiger partial charge in [0.2, 0.25) is 5.89 Å². The molecule has 3 aromatic heterocycles. The van der Waals surface area contributed by atoms with Crippen LogP contribution in [0.3, 0.4) is 0 Å². The molecule has 0 fully saturated rings. The molecule has 1 N–H and O–H groups in total. The first-order valence-corrected chi connectivity index (χ1v) is 8.96. The molecule has 0 unspecified atom stereocenters. The van der Waals surface area contributed by atoms with Gasteiger partial charge in [-0.15, -0.1) is 15.3 Å². The molecule has 1 aromatic carbocycles. The minimum Gasteiger partial charge on any atom is -0.459 e. The second kappa shape index (κ2) is 7.44. The van der Waals surface area contributed by atoms with Crippen molar-refractivity contribution in [2.24, 2.45) is 0 Å². The third-order valence-corrected chi connectivity index (χ3v) is 4.67. The fourth-order valence-corrected chi connectivity index (χ4v) is 3.24. The van der Waals surface area contributed by atoms with Gasteiger partial charge in [0.1, 0.15) is 0 Å². The summed E-state index contributed by atoms with van der Waals surface area (Å²) in [5, 5.41) is 15.1. The SMILES string of the molecule is O=c1[nH]nc(SCc2nnc(-c3ccco3)o2)n1CCc1ccccc1. The molecule has 4 rings (SSSR count). The Labute approximate surface area is 152 Å². The van der Waals surface area contributed by atoms with E-state index >= 15 is 0 Å². The van der Waals surface area contributed by atoms with E-state index in [0.717, 1.165) is 12.0 Å². The summed E-state index contributed by atoms with van der Waals surface area (Å²) in [5.41, 5.74) is 0.932. The summed E-state index contributed by atoms with van der Waals surface area (Å²) >= 11 is 1.36. The maximum absolute atomic E-state index is 12.0. The van der Waals surface area contributed by atoms with Gasteiger partial charge in [0.05, 0.1) is 12.0 Å². The summed E-state index contributed by atoms with van der Waals surface area (Å²) in [7, 11) is 0. The monoisotopic (exact) mass is 369 g/mol. The van der Waals surface area contributed by atoms with Crippen molar-refractivity contribution in [3.63, 3.8) is 0 Å². The van der Waals surface area contributed by atoms with Crippen molar-refractivity contribution in [2.45, 2.75) is 23.9 Å². The largest absolute Gasteiger partial charge is 0.459 e. The molecule has 8 nitrogen and oxygen atoms in total. The predicted molar refractivity (Wildman–Crippen MR) is 94.6 cm³/mol. The normalized spacial score (nSPS) is 11.1. The molecule has 0 saturated heterocycles. The summed E-state index contributed by atoms with van der Waals surface area (Å²) in [6.07, 6.45) is 2.29. The standard InChI is InChI=1S/C17H15N5O3S/c23-16-20-21-17(22(16)9-8-12-5-2-1-3-6-12)26-11-14-18-19-15(25-14)13-7-4-10-24-13/h1-7,10H,8-9,11H2,(H,20,23). The molecule has 0 spiro atoms. The van der Waals surface area contributed by atoms with Crippen LogP contribution in [0.2, 0.25) is 0 Å². The lowest BCUT2D eigenvalue weighted by Crippen LogP contribution is -2.18. The average molecular weight is 369 g/mol. The van der Waals surface area contributed by atoms with Crippen LogP contribution in [0.5, 0.6) is 0 Å². The van der Waals surface area contributed by atoms with Gasteiger partial charge >= 0.3 is 5.69 Å². The van der Waals surface area contributed by atoms with E-state index in [1.165, 1.54) is 11.8 Å². The lowest BCUT2D eigenvalue weighted by Gasteiger charge is -2.04. The van der Waals surface area contributed by atoms with Gasteiger partial charge in [0, 0.05) is 6.54 Å². The third-order valence-electron chi connectivity index (χ3n) is 3.71. The van der Waals surface area contributed by atoms with Gasteiger partial charge in [-0.3, -0.25) is 4.57 Å². The highest BCUT2D eigenvalue weighted by Gasteiger charge is 2.14. The summed E-state index contributed by atoms with van der Waals surface area (Å²) in [4.78, 5) is 12.0. The van der Waals surface area contributed by atoms with Gasteiger partial charge in [-0.25, -0.2) is 9.89 Å². The summed E-state index contributed by atoms with van der Waals surface area (Å²) in [6.45, 7) is 0.545. The molecule has 0 aliphatic carbocycles. The second-order valence-electron chi connectivity index (χ2n) is 5.47. The van der Waals surface area contributed by atoms with E-state index in [4.69, 9.17) is 8.83 Å². The molecule has 0 aliphatic heterocycles. The molecule has 4 aromatic rings. The summed E-state index contributed by atoms with van der Waals surface area (Å²) in [6, 6.07) is 13.5. The number of hydrogen-bond donors (Lipinski definition) is 1. The Hall–Kier alpha value is -3.07. The quantitative estimate of drug-likeness (QED) is 0.500. The number of aryl methyl sites for hydroxylation is 1. The minimum absolute atomic E-state index is 0.231. The Balaban J connectivity index is 1.42. The van der Waals surface area contributed by atoms with Crippen molar-refractivity contribution in [3.8, 4) is 11.7 Å². The highest BCUT2D eigenvalue weighted by Crippen LogP contribution is 2.23. The molecule has 0 saturated carbocycles. The highest BCUT2D eigenvalue weighted by molar-refractivity contribution is 7.98. The second-order valence-corrected chi connectivity index (χ2v) is 6.41. The topological polar surface area (TPSA) is 103 Å². The maximum atomic E-state index is 12.0. The first-order valence-electron chi connectivity index (χ1n) is 7.98. The van der Waals surface area contributed by atoms with Crippen molar-refractivity contribution in [2.75, 3.05) is 0 Å². The van der Waals surface area contributed by atoms with Gasteiger partial charge in [0.15, 0.2) is 10.9 Å². The number of thioether (sulfide) groups is 1. The lowest BCUT2D eigenvalue weighted by atomic mass is 10.1. The van der Waals surface area contributed by atoms with E-state index in [-0.39, 0.29) is 5.69 Å². The van der Waals surface area contributed by atoms with Crippen molar-refractivity contribution in [1.82, 2.24) is 25.0 Å². The van der Waals surface area contributed by atoms with E-state index in [0.29, 0.717) is 35.0 Å². The summed E-state index contributed by atoms with van der Waals surface area (Å²) < 4.78 is 12.4. The minimum atomic E-state index is -0.231. The molecular formula is C17H15N5O3S. The smallest absolute Gasteiger partial charge is 0.343 e. The third kappa shape index (κ3) is 3.62. The van der Waals surface area contributed by atoms with E-state index in [1.807, 2.05) is 30.3 Å². The van der Waals surface area contributed by atoms with E-state index in [2.05, 4.69) is 20.4 Å². The lowest BCUT2D eigenvalue weighted by molar-refractivity contribution is 0.494. The Kier molecular flexibility index (Phi) is 4.69. The molecule has 3 heterocycles. The first-order chi connectivity index (χ1) is 12.8. The fourth-order valence-electron chi connectivity index (χ4n) is 2.43. The zero-order valence-electron chi connectivity index (χ0n) is 13.7. The number of H-pyrrole nitrogens is 1. The van der Waals surface area contributed by atoms with Gasteiger partial charge in [-0.2, -0.15) is 0 Å². The Morgan fingerprint density at radius 3 is 2.81 bits per heavy atom. The number of hydrogen-bond acceptors (Lipinski definition) is 7. The number of benzene rings is 1. The van der Waals surface area contributed by atoms with Crippen LogP contribution in [0, 0.1) is 0 Å². The van der Waals surface area contributed by atoms with Crippen LogP contribution >= 0.6 is 11.8 Å². The number of aromatic amines is 1. The fraction of sp³-hybridized carbons (Fsp3) is 0.176. The van der Waals surface area contributed by atoms with Crippen LogP contribution in [0.4, 0.5) is 0 Å². The molecule has 0 amide bonds. The van der Waals surface area contributed by atoms with Crippen molar-refractivity contribution < 1.29 is 8.83 Å². The zero-order valence-corrected chi connectivity index (χ0v) is 14.5. The van der Waals surface area contributed by atoms with Gasteiger partial charge < -0.3 is 8.83 Å². The van der Waals surface area contributed by atoms with E-state index in [1.54, 1.807) is 23.0 Å². The number of rotatable bonds is 7. The van der Waals surface area contributed by atoms with Crippen LogP contribution in [-0.2, 0) is 18.7 Å². The number of nitrogens with zero attached hydrogens (tertiary/aromatic N) is 4. The van der Waals surface area contributed by atoms with Crippen molar-refractivity contribution >= 4 is 11.8 Å². The highest BCUT2D eigenvalue weighted by atomic mass is 32.2. The summed E-state index contributed by atoms with van der Waals surface area (Å²) in [5.74, 6) is 1.69. The molecule has 9 heteroatoms. The van der Waals surface area contributed by atoms with E-state index in [9.17, 15) is 4.79 Å². The number of nitrogens with one attached hydrogen (secondary N) is 1. The van der Waals surface area contributed by atoms with Gasteiger partial charge in [0.25, 0.3) is 5.89 Å². The van der Waals surface area contributed by atoms with Crippen LogP contribution in [0.15, 0.2) is 67.5 Å². The predicted octanol–water partition coefficient (Wildman–Crippen LogP) is 2.75. The van der Waals surface area contributed by atoms with Gasteiger partial charge in [-0.1, -0.05) is 42.1 Å². The number of furan rings is 1. The molecule has 0 aliphatic rings. The molecule has 26 heavy (non-hydrogen) atoms. The van der Waals surface area contributed by atoms with Crippen LogP contribution < -0.4 is 5.69 Å². The molecule has 0 atom stereocenters. The van der Waals surface area contributed by atoms with Gasteiger partial charge in [-0.05, 0) is 24.1 Å². The van der Waals surface area contributed by atoms with E-state index < -0.39 is 0 Å². The molecule has 132 valence electrons. The average Bonchev–Trinajstić information content (AvgIpc) is 3.41.